The van der Waals surface area contributed by atoms with Crippen LogP contribution in [0, 0.1) is 0 Å². The normalized spacial score (nSPS) is 12.6. The van der Waals surface area contributed by atoms with Gasteiger partial charge in [-0.05, 0) is 50.6 Å². The van der Waals surface area contributed by atoms with Crippen molar-refractivity contribution in [3.63, 3.8) is 0 Å². The first-order valence-electron chi connectivity index (χ1n) is 10.5. The van der Waals surface area contributed by atoms with Gasteiger partial charge in [-0.2, -0.15) is 0 Å². The Morgan fingerprint density at radius 2 is 1.86 bits per heavy atom. The van der Waals surface area contributed by atoms with Crippen molar-refractivity contribution in [3.8, 4) is 0 Å². The van der Waals surface area contributed by atoms with E-state index >= 15 is 0 Å². The summed E-state index contributed by atoms with van der Waals surface area (Å²) in [6.45, 7) is 9.54. The van der Waals surface area contributed by atoms with E-state index in [4.69, 9.17) is 0 Å². The van der Waals surface area contributed by atoms with Crippen LogP contribution < -0.4 is 5.32 Å². The van der Waals surface area contributed by atoms with Crippen LogP contribution in [0.15, 0.2) is 29.4 Å². The number of amides is 1. The van der Waals surface area contributed by atoms with E-state index in [1.807, 2.05) is 12.1 Å². The number of rotatable bonds is 11. The number of unbranched alkanes of at least 4 members (excludes halogenated alkanes) is 1. The van der Waals surface area contributed by atoms with Crippen molar-refractivity contribution in [1.29, 1.82) is 0 Å². The van der Waals surface area contributed by atoms with Gasteiger partial charge in [0.15, 0.2) is 11.0 Å². The van der Waals surface area contributed by atoms with E-state index in [0.29, 0.717) is 11.7 Å². The third kappa shape index (κ3) is 6.57. The molecular formula is C22H35N5OS. The summed E-state index contributed by atoms with van der Waals surface area (Å²) in [5, 5.41) is 12.7. The van der Waals surface area contributed by atoms with E-state index in [2.05, 4.69) is 78.9 Å². The summed E-state index contributed by atoms with van der Waals surface area (Å²) in [6.07, 6.45) is 3.14. The summed E-state index contributed by atoms with van der Waals surface area (Å²) in [5.74, 6) is 1.75. The van der Waals surface area contributed by atoms with Gasteiger partial charge in [-0.1, -0.05) is 58.0 Å². The lowest BCUT2D eigenvalue weighted by atomic mass is 10.0. The van der Waals surface area contributed by atoms with Gasteiger partial charge in [-0.3, -0.25) is 9.69 Å². The summed E-state index contributed by atoms with van der Waals surface area (Å²) < 4.78 is 2.19. The fourth-order valence-electron chi connectivity index (χ4n) is 3.24. The molecule has 0 aliphatic rings. The Hall–Kier alpha value is -1.86. The van der Waals surface area contributed by atoms with Crippen LogP contribution in [-0.4, -0.2) is 45.4 Å². The lowest BCUT2D eigenvalue weighted by Crippen LogP contribution is -2.23. The summed E-state index contributed by atoms with van der Waals surface area (Å²) in [7, 11) is 4.13. The van der Waals surface area contributed by atoms with Crippen LogP contribution in [0.2, 0.25) is 0 Å². The van der Waals surface area contributed by atoms with Gasteiger partial charge in [-0.15, -0.1) is 10.2 Å². The molecule has 6 nitrogen and oxygen atoms in total. The molecule has 1 aromatic heterocycles. The molecule has 2 rings (SSSR count). The van der Waals surface area contributed by atoms with Crippen LogP contribution in [0.3, 0.4) is 0 Å². The molecule has 7 heteroatoms. The predicted octanol–water partition coefficient (Wildman–Crippen LogP) is 4.95. The highest BCUT2D eigenvalue weighted by Crippen LogP contribution is 2.26. The number of carbonyl (C=O) groups is 1. The second-order valence-electron chi connectivity index (χ2n) is 7.85. The summed E-state index contributed by atoms with van der Waals surface area (Å²) in [4.78, 5) is 14.6. The third-order valence-electron chi connectivity index (χ3n) is 4.98. The molecule has 29 heavy (non-hydrogen) atoms. The minimum Gasteiger partial charge on any atom is -0.325 e. The Kier molecular flexibility index (Phi) is 9.17. The molecule has 1 N–H and O–H groups in total. The van der Waals surface area contributed by atoms with Crippen molar-refractivity contribution in [2.24, 2.45) is 0 Å². The van der Waals surface area contributed by atoms with Crippen molar-refractivity contribution in [3.05, 3.63) is 35.7 Å². The largest absolute Gasteiger partial charge is 0.325 e. The van der Waals surface area contributed by atoms with E-state index < -0.39 is 0 Å². The van der Waals surface area contributed by atoms with Crippen LogP contribution in [0.25, 0.3) is 0 Å². The molecule has 1 heterocycles. The van der Waals surface area contributed by atoms with Gasteiger partial charge in [0.2, 0.25) is 5.91 Å². The van der Waals surface area contributed by atoms with Crippen molar-refractivity contribution in [1.82, 2.24) is 19.7 Å². The molecular weight excluding hydrogens is 382 g/mol. The van der Waals surface area contributed by atoms with Crippen LogP contribution in [-0.2, 0) is 11.3 Å². The number of benzene rings is 1. The molecule has 2 aromatic rings. The molecule has 160 valence electrons. The first-order chi connectivity index (χ1) is 13.9. The van der Waals surface area contributed by atoms with Gasteiger partial charge < -0.3 is 9.88 Å². The fraction of sp³-hybridized carbons (Fsp3) is 0.591. The van der Waals surface area contributed by atoms with Crippen molar-refractivity contribution >= 4 is 23.4 Å². The predicted molar refractivity (Wildman–Crippen MR) is 122 cm³/mol. The van der Waals surface area contributed by atoms with E-state index in [-0.39, 0.29) is 11.9 Å². The number of hydrogen-bond acceptors (Lipinski definition) is 5. The van der Waals surface area contributed by atoms with E-state index in [0.717, 1.165) is 42.5 Å². The van der Waals surface area contributed by atoms with Gasteiger partial charge in [-0.25, -0.2) is 0 Å². The second kappa shape index (κ2) is 11.4. The van der Waals surface area contributed by atoms with Crippen LogP contribution >= 0.6 is 11.8 Å². The van der Waals surface area contributed by atoms with Gasteiger partial charge >= 0.3 is 0 Å². The molecule has 1 unspecified atom stereocenters. The SMILES string of the molecule is CCCCn1c(SCC(=O)Nc2ccc(C(C)C)cc2)nnc1C(CC)N(C)C. The molecule has 0 saturated heterocycles. The maximum absolute atomic E-state index is 12.4. The Labute approximate surface area is 179 Å². The standard InChI is InChI=1S/C22H35N5OS/c1-7-9-14-27-21(19(8-2)26(5)6)24-25-22(27)29-15-20(28)23-18-12-10-17(11-13-18)16(3)4/h10-13,16,19H,7-9,14-15H2,1-6H3,(H,23,28). The molecule has 0 fully saturated rings. The van der Waals surface area contributed by atoms with Crippen molar-refractivity contribution in [2.75, 3.05) is 25.2 Å². The second-order valence-corrected chi connectivity index (χ2v) is 8.79. The molecule has 0 radical (unpaired) electrons. The number of nitrogens with one attached hydrogen (secondary N) is 1. The van der Waals surface area contributed by atoms with Crippen LogP contribution in [0.4, 0.5) is 5.69 Å². The zero-order valence-corrected chi connectivity index (χ0v) is 19.4. The molecule has 1 amide bonds. The summed E-state index contributed by atoms with van der Waals surface area (Å²) >= 11 is 1.45. The average Bonchev–Trinajstić information content (AvgIpc) is 3.07. The fourth-order valence-corrected chi connectivity index (χ4v) is 4.01. The maximum atomic E-state index is 12.4. The molecule has 1 atom stereocenters. The Morgan fingerprint density at radius 3 is 2.41 bits per heavy atom. The molecule has 0 aliphatic carbocycles. The minimum atomic E-state index is -0.0291. The quantitative estimate of drug-likeness (QED) is 0.524. The Bertz CT molecular complexity index is 770. The minimum absolute atomic E-state index is 0.0291. The number of nitrogens with zero attached hydrogens (tertiary/aromatic N) is 4. The van der Waals surface area contributed by atoms with E-state index in [9.17, 15) is 4.79 Å². The molecule has 0 bridgehead atoms. The number of aromatic nitrogens is 3. The molecule has 1 aromatic carbocycles. The molecule has 0 spiro atoms. The lowest BCUT2D eigenvalue weighted by molar-refractivity contribution is -0.113. The zero-order valence-electron chi connectivity index (χ0n) is 18.6. The topological polar surface area (TPSA) is 63.1 Å². The monoisotopic (exact) mass is 417 g/mol. The molecule has 0 aliphatic heterocycles. The number of carbonyl (C=O) groups excluding carboxylic acids is 1. The average molecular weight is 418 g/mol. The van der Waals surface area contributed by atoms with Crippen molar-refractivity contribution < 1.29 is 4.79 Å². The number of anilines is 1. The first kappa shape index (κ1) is 23.4. The van der Waals surface area contributed by atoms with Gasteiger partial charge in [0.1, 0.15) is 0 Å². The Morgan fingerprint density at radius 1 is 1.17 bits per heavy atom. The Balaban J connectivity index is 2.04. The summed E-state index contributed by atoms with van der Waals surface area (Å²) in [6, 6.07) is 8.27. The maximum Gasteiger partial charge on any atom is 0.234 e. The summed E-state index contributed by atoms with van der Waals surface area (Å²) in [5.41, 5.74) is 2.09. The number of hydrogen-bond donors (Lipinski definition) is 1. The third-order valence-corrected chi connectivity index (χ3v) is 5.95. The highest BCUT2D eigenvalue weighted by Gasteiger charge is 2.22. The molecule has 0 saturated carbocycles. The van der Waals surface area contributed by atoms with Gasteiger partial charge in [0, 0.05) is 12.2 Å². The number of thioether (sulfide) groups is 1. The van der Waals surface area contributed by atoms with Gasteiger partial charge in [0.05, 0.1) is 11.8 Å². The first-order valence-corrected chi connectivity index (χ1v) is 11.5. The highest BCUT2D eigenvalue weighted by atomic mass is 32.2. The van der Waals surface area contributed by atoms with Crippen LogP contribution in [0.1, 0.15) is 70.3 Å². The van der Waals surface area contributed by atoms with Crippen molar-refractivity contribution in [2.45, 2.75) is 70.6 Å². The van der Waals surface area contributed by atoms with Crippen LogP contribution in [0.5, 0.6) is 0 Å². The lowest BCUT2D eigenvalue weighted by Gasteiger charge is -2.23. The van der Waals surface area contributed by atoms with Gasteiger partial charge in [0.25, 0.3) is 0 Å². The smallest absolute Gasteiger partial charge is 0.234 e. The highest BCUT2D eigenvalue weighted by molar-refractivity contribution is 7.99. The zero-order chi connectivity index (χ0) is 21.4. The van der Waals surface area contributed by atoms with E-state index in [1.165, 1.54) is 17.3 Å². The van der Waals surface area contributed by atoms with E-state index in [1.54, 1.807) is 0 Å².